The number of nitrogens with zero attached hydrogens (tertiary/aromatic N) is 3. The molecule has 0 radical (unpaired) electrons. The Morgan fingerprint density at radius 3 is 2.32 bits per heavy atom. The third-order valence-corrected chi connectivity index (χ3v) is 8.26. The molecule has 2 saturated heterocycles. The molecule has 0 bridgehead atoms. The van der Waals surface area contributed by atoms with E-state index >= 15 is 0 Å². The van der Waals surface area contributed by atoms with Gasteiger partial charge in [-0.25, -0.2) is 4.79 Å². The van der Waals surface area contributed by atoms with E-state index < -0.39 is 0 Å². The lowest BCUT2D eigenvalue weighted by Crippen LogP contribution is -2.54. The first-order valence-corrected chi connectivity index (χ1v) is 14.6. The highest BCUT2D eigenvalue weighted by Gasteiger charge is 2.28. The van der Waals surface area contributed by atoms with Crippen LogP contribution in [-0.2, 0) is 4.74 Å². The lowest BCUT2D eigenvalue weighted by molar-refractivity contribution is 0.0303. The van der Waals surface area contributed by atoms with E-state index in [-0.39, 0.29) is 30.7 Å². The Hall–Kier alpha value is -3.99. The Morgan fingerprint density at radius 2 is 1.54 bits per heavy atom. The number of benzene rings is 2. The maximum atomic E-state index is 13.7. The highest BCUT2D eigenvalue weighted by atomic mass is 16.7. The van der Waals surface area contributed by atoms with Crippen LogP contribution in [-0.4, -0.2) is 93.0 Å². The molecule has 4 amide bonds. The second-order valence-corrected chi connectivity index (χ2v) is 10.9. The second kappa shape index (κ2) is 12.3. The predicted molar refractivity (Wildman–Crippen MR) is 153 cm³/mol. The number of morpholine rings is 1. The summed E-state index contributed by atoms with van der Waals surface area (Å²) >= 11 is 0. The first kappa shape index (κ1) is 27.2. The molecule has 2 aromatic rings. The van der Waals surface area contributed by atoms with Gasteiger partial charge in [0.25, 0.3) is 11.8 Å². The largest absolute Gasteiger partial charge is 0.454 e. The van der Waals surface area contributed by atoms with E-state index in [2.05, 4.69) is 15.5 Å². The maximum absolute atomic E-state index is 13.7. The predicted octanol–water partition coefficient (Wildman–Crippen LogP) is 3.30. The summed E-state index contributed by atoms with van der Waals surface area (Å²) in [6, 6.07) is 10.8. The minimum absolute atomic E-state index is 0.00254. The quantitative estimate of drug-likeness (QED) is 0.574. The number of carbonyl (C=O) groups is 3. The van der Waals surface area contributed by atoms with Gasteiger partial charge in [-0.05, 0) is 49.2 Å². The number of rotatable bonds is 5. The number of carbonyl (C=O) groups excluding carboxylic acids is 3. The third kappa shape index (κ3) is 6.19. The van der Waals surface area contributed by atoms with E-state index in [1.165, 1.54) is 19.3 Å². The number of fused-ring (bicyclic) bond motifs is 1. The standard InChI is InChI=1S/C30H37N5O6/c36-28(21-6-9-26-27(18-21)41-20-40-26)31-23-7-8-25(24(19-23)29(37)34-14-16-39-17-15-34)33-10-12-35(13-11-33)30(38)32-22-4-2-1-3-5-22/h6-9,18-19,22H,1-5,10-17,20H2,(H,31,36)(H,32,38). The molecule has 3 aliphatic heterocycles. The van der Waals surface area contributed by atoms with E-state index in [0.29, 0.717) is 80.8 Å². The SMILES string of the molecule is O=C(Nc1ccc(N2CCN(C(=O)NC3CCCCC3)CC2)c(C(=O)N2CCOCC2)c1)c1ccc2c(c1)OCO2. The van der Waals surface area contributed by atoms with Crippen molar-refractivity contribution in [2.24, 2.45) is 0 Å². The van der Waals surface area contributed by atoms with Crippen LogP contribution in [0.4, 0.5) is 16.2 Å². The highest BCUT2D eigenvalue weighted by Crippen LogP contribution is 2.33. The second-order valence-electron chi connectivity index (χ2n) is 10.9. The van der Waals surface area contributed by atoms with Gasteiger partial charge in [0.1, 0.15) is 0 Å². The number of piperazine rings is 1. The highest BCUT2D eigenvalue weighted by molar-refractivity contribution is 6.06. The lowest BCUT2D eigenvalue weighted by atomic mass is 9.96. The maximum Gasteiger partial charge on any atom is 0.317 e. The van der Waals surface area contributed by atoms with Gasteiger partial charge in [-0.3, -0.25) is 9.59 Å². The Morgan fingerprint density at radius 1 is 0.780 bits per heavy atom. The monoisotopic (exact) mass is 563 g/mol. The molecule has 0 aromatic heterocycles. The van der Waals surface area contributed by atoms with Gasteiger partial charge in [-0.15, -0.1) is 0 Å². The summed E-state index contributed by atoms with van der Waals surface area (Å²) in [7, 11) is 0. The number of anilines is 2. The van der Waals surface area contributed by atoms with Crippen molar-refractivity contribution in [3.63, 3.8) is 0 Å². The average molecular weight is 564 g/mol. The third-order valence-electron chi connectivity index (χ3n) is 8.26. The van der Waals surface area contributed by atoms with Gasteiger partial charge in [-0.1, -0.05) is 19.3 Å². The van der Waals surface area contributed by atoms with Crippen LogP contribution >= 0.6 is 0 Å². The van der Waals surface area contributed by atoms with Gasteiger partial charge in [-0.2, -0.15) is 0 Å². The molecule has 41 heavy (non-hydrogen) atoms. The van der Waals surface area contributed by atoms with Crippen molar-refractivity contribution in [2.45, 2.75) is 38.1 Å². The van der Waals surface area contributed by atoms with Crippen LogP contribution < -0.4 is 25.0 Å². The molecule has 11 heteroatoms. The van der Waals surface area contributed by atoms with Crippen LogP contribution in [0.2, 0.25) is 0 Å². The molecule has 3 heterocycles. The van der Waals surface area contributed by atoms with E-state index in [9.17, 15) is 14.4 Å². The van der Waals surface area contributed by atoms with Crippen LogP contribution in [0.15, 0.2) is 36.4 Å². The van der Waals surface area contributed by atoms with Crippen LogP contribution in [0.5, 0.6) is 11.5 Å². The van der Waals surface area contributed by atoms with Crippen molar-refractivity contribution in [2.75, 3.05) is 69.5 Å². The first-order chi connectivity index (χ1) is 20.0. The normalized spacial score (nSPS) is 19.2. The summed E-state index contributed by atoms with van der Waals surface area (Å²) < 4.78 is 16.2. The zero-order valence-corrected chi connectivity index (χ0v) is 23.2. The summed E-state index contributed by atoms with van der Waals surface area (Å²) in [6.45, 7) is 4.54. The van der Waals surface area contributed by atoms with Gasteiger partial charge in [0, 0.05) is 62.2 Å². The van der Waals surface area contributed by atoms with Gasteiger partial charge in [0.15, 0.2) is 11.5 Å². The molecule has 218 valence electrons. The van der Waals surface area contributed by atoms with Crippen LogP contribution in [0.25, 0.3) is 0 Å². The molecule has 1 saturated carbocycles. The van der Waals surface area contributed by atoms with Crippen molar-refractivity contribution in [1.82, 2.24) is 15.1 Å². The minimum Gasteiger partial charge on any atom is -0.454 e. The molecule has 0 spiro atoms. The Kier molecular flexibility index (Phi) is 8.13. The van der Waals surface area contributed by atoms with Gasteiger partial charge >= 0.3 is 6.03 Å². The smallest absolute Gasteiger partial charge is 0.317 e. The molecule has 2 aromatic carbocycles. The number of urea groups is 1. The first-order valence-electron chi connectivity index (χ1n) is 14.6. The summed E-state index contributed by atoms with van der Waals surface area (Å²) in [6.07, 6.45) is 5.70. The number of hydrogen-bond acceptors (Lipinski definition) is 7. The Labute approximate surface area is 239 Å². The molecule has 4 aliphatic rings. The number of hydrogen-bond donors (Lipinski definition) is 2. The fraction of sp³-hybridized carbons (Fsp3) is 0.500. The van der Waals surface area contributed by atoms with Crippen molar-refractivity contribution in [3.8, 4) is 11.5 Å². The van der Waals surface area contributed by atoms with Crippen LogP contribution in [0.3, 0.4) is 0 Å². The van der Waals surface area contributed by atoms with Crippen molar-refractivity contribution >= 4 is 29.2 Å². The molecule has 2 N–H and O–H groups in total. The molecule has 3 fully saturated rings. The number of ether oxygens (including phenoxy) is 3. The van der Waals surface area contributed by atoms with Crippen molar-refractivity contribution in [3.05, 3.63) is 47.5 Å². The van der Waals surface area contributed by atoms with Gasteiger partial charge in [0.05, 0.1) is 18.8 Å². The lowest BCUT2D eigenvalue weighted by Gasteiger charge is -2.38. The molecule has 0 atom stereocenters. The topological polar surface area (TPSA) is 113 Å². The van der Waals surface area contributed by atoms with Crippen molar-refractivity contribution < 1.29 is 28.6 Å². The fourth-order valence-electron chi connectivity index (χ4n) is 5.90. The van der Waals surface area contributed by atoms with E-state index in [1.807, 2.05) is 17.0 Å². The summed E-state index contributed by atoms with van der Waals surface area (Å²) in [4.78, 5) is 45.5. The van der Waals surface area contributed by atoms with Gasteiger partial charge < -0.3 is 39.5 Å². The molecular weight excluding hydrogens is 526 g/mol. The zero-order valence-electron chi connectivity index (χ0n) is 23.2. The molecule has 11 nitrogen and oxygen atoms in total. The molecule has 0 unspecified atom stereocenters. The minimum atomic E-state index is -0.307. The molecule has 6 rings (SSSR count). The van der Waals surface area contributed by atoms with E-state index in [1.54, 1.807) is 29.2 Å². The Bertz CT molecular complexity index is 1280. The zero-order chi connectivity index (χ0) is 28.2. The molecular formula is C30H37N5O6. The van der Waals surface area contributed by atoms with E-state index in [0.717, 1.165) is 18.5 Å². The number of amides is 4. The van der Waals surface area contributed by atoms with Crippen LogP contribution in [0, 0.1) is 0 Å². The summed E-state index contributed by atoms with van der Waals surface area (Å²) in [5, 5.41) is 6.14. The van der Waals surface area contributed by atoms with Crippen molar-refractivity contribution in [1.29, 1.82) is 0 Å². The van der Waals surface area contributed by atoms with E-state index in [4.69, 9.17) is 14.2 Å². The molecule has 1 aliphatic carbocycles. The fourth-order valence-corrected chi connectivity index (χ4v) is 5.90. The summed E-state index contributed by atoms with van der Waals surface area (Å²) in [5.74, 6) is 0.733. The average Bonchev–Trinajstić information content (AvgIpc) is 3.50. The Balaban J connectivity index is 1.17. The van der Waals surface area contributed by atoms with Crippen LogP contribution in [0.1, 0.15) is 52.8 Å². The van der Waals surface area contributed by atoms with Gasteiger partial charge in [0.2, 0.25) is 6.79 Å². The summed E-state index contributed by atoms with van der Waals surface area (Å²) in [5.41, 5.74) is 2.28. The number of nitrogens with one attached hydrogen (secondary N) is 2.